The Morgan fingerprint density at radius 1 is 1.29 bits per heavy atom. The number of nitrogens with one attached hydrogen (secondary N) is 1. The number of H-pyrrole nitrogens is 1. The van der Waals surface area contributed by atoms with Gasteiger partial charge in [-0.1, -0.05) is 0 Å². The van der Waals surface area contributed by atoms with Crippen LogP contribution in [0.25, 0.3) is 0 Å². The highest BCUT2D eigenvalue weighted by Gasteiger charge is 2.33. The minimum atomic E-state index is -1.31. The maximum absolute atomic E-state index is 12.5. The van der Waals surface area contributed by atoms with Crippen molar-refractivity contribution in [3.05, 3.63) is 18.2 Å². The van der Waals surface area contributed by atoms with Gasteiger partial charge >= 0.3 is 11.9 Å². The van der Waals surface area contributed by atoms with Gasteiger partial charge in [0.05, 0.1) is 18.1 Å². The minimum Gasteiger partial charge on any atom is -0.480 e. The van der Waals surface area contributed by atoms with Gasteiger partial charge in [0.1, 0.15) is 12.6 Å². The van der Waals surface area contributed by atoms with Gasteiger partial charge in [-0.3, -0.25) is 9.59 Å². The molecule has 1 rings (SSSR count). The first-order valence-electron chi connectivity index (χ1n) is 7.55. The molecule has 134 valence electrons. The van der Waals surface area contributed by atoms with E-state index < -0.39 is 36.5 Å². The molecule has 0 unspecified atom stereocenters. The van der Waals surface area contributed by atoms with Crippen LogP contribution in [-0.2, 0) is 20.8 Å². The molecule has 1 amide bonds. The molecule has 0 bridgehead atoms. The number of aromatic nitrogens is 2. The summed E-state index contributed by atoms with van der Waals surface area (Å²) in [6.45, 7) is -0.343. The Hall–Kier alpha value is -2.46. The number of nitrogens with two attached hydrogens (primary N) is 2. The zero-order valence-electron chi connectivity index (χ0n) is 13.2. The van der Waals surface area contributed by atoms with Crippen LogP contribution in [-0.4, -0.2) is 68.1 Å². The van der Waals surface area contributed by atoms with E-state index in [1.165, 1.54) is 6.33 Å². The van der Waals surface area contributed by atoms with Crippen molar-refractivity contribution in [2.75, 3.05) is 13.1 Å². The molecule has 0 aromatic carbocycles. The van der Waals surface area contributed by atoms with E-state index in [0.29, 0.717) is 25.1 Å². The molecule has 2 atom stereocenters. The lowest BCUT2D eigenvalue weighted by molar-refractivity contribution is -0.155. The number of unbranched alkanes of at least 4 members (excludes halogenated alkanes) is 1. The summed E-state index contributed by atoms with van der Waals surface area (Å²) >= 11 is 0. The second kappa shape index (κ2) is 9.63. The van der Waals surface area contributed by atoms with Crippen LogP contribution >= 0.6 is 0 Å². The molecule has 0 spiro atoms. The highest BCUT2D eigenvalue weighted by Crippen LogP contribution is 2.12. The smallest absolute Gasteiger partial charge is 0.326 e. The van der Waals surface area contributed by atoms with Gasteiger partial charge < -0.3 is 31.6 Å². The molecule has 0 aliphatic rings. The lowest BCUT2D eigenvalue weighted by atomic mass is 10.0. The van der Waals surface area contributed by atoms with Crippen LogP contribution in [0.2, 0.25) is 0 Å². The topological polar surface area (TPSA) is 176 Å². The Balaban J connectivity index is 2.88. The third-order valence-electron chi connectivity index (χ3n) is 3.48. The third kappa shape index (κ3) is 5.97. The van der Waals surface area contributed by atoms with Crippen LogP contribution in [0.3, 0.4) is 0 Å². The van der Waals surface area contributed by atoms with Crippen LogP contribution in [0.1, 0.15) is 25.0 Å². The van der Waals surface area contributed by atoms with E-state index in [2.05, 4.69) is 9.97 Å². The van der Waals surface area contributed by atoms with Gasteiger partial charge in [-0.15, -0.1) is 0 Å². The van der Waals surface area contributed by atoms with Gasteiger partial charge in [-0.25, -0.2) is 9.78 Å². The molecule has 0 saturated carbocycles. The van der Waals surface area contributed by atoms with Gasteiger partial charge in [-0.05, 0) is 25.8 Å². The first kappa shape index (κ1) is 19.6. The largest absolute Gasteiger partial charge is 0.480 e. The summed E-state index contributed by atoms with van der Waals surface area (Å²) in [6, 6.07) is -2.34. The molecule has 10 heteroatoms. The second-order valence-corrected chi connectivity index (χ2v) is 5.37. The lowest BCUT2D eigenvalue weighted by Gasteiger charge is -2.29. The Kier molecular flexibility index (Phi) is 7.86. The summed E-state index contributed by atoms with van der Waals surface area (Å²) in [4.78, 5) is 42.5. The Labute approximate surface area is 138 Å². The average molecular weight is 341 g/mol. The number of imidazole rings is 1. The molecule has 0 aliphatic heterocycles. The van der Waals surface area contributed by atoms with E-state index in [1.807, 2.05) is 0 Å². The van der Waals surface area contributed by atoms with Gasteiger partial charge in [0.15, 0.2) is 0 Å². The molecule has 0 radical (unpaired) electrons. The van der Waals surface area contributed by atoms with Crippen molar-refractivity contribution in [2.45, 2.75) is 37.8 Å². The van der Waals surface area contributed by atoms with Gasteiger partial charge in [0, 0.05) is 12.6 Å². The van der Waals surface area contributed by atoms with E-state index in [9.17, 15) is 19.5 Å². The van der Waals surface area contributed by atoms with Crippen molar-refractivity contribution < 1.29 is 24.6 Å². The Morgan fingerprint density at radius 2 is 2.00 bits per heavy atom. The summed E-state index contributed by atoms with van der Waals surface area (Å²) in [7, 11) is 0. The number of carbonyl (C=O) groups is 3. The van der Waals surface area contributed by atoms with Crippen molar-refractivity contribution in [3.63, 3.8) is 0 Å². The van der Waals surface area contributed by atoms with Crippen LogP contribution in [0.15, 0.2) is 12.5 Å². The van der Waals surface area contributed by atoms with Crippen LogP contribution < -0.4 is 11.5 Å². The fourth-order valence-corrected chi connectivity index (χ4v) is 2.31. The molecule has 1 aromatic heterocycles. The van der Waals surface area contributed by atoms with Gasteiger partial charge in [0.2, 0.25) is 5.91 Å². The molecule has 0 saturated heterocycles. The number of aromatic amines is 1. The molecule has 1 aromatic rings. The predicted molar refractivity (Wildman–Crippen MR) is 83.9 cm³/mol. The van der Waals surface area contributed by atoms with E-state index in [1.54, 1.807) is 6.20 Å². The molecule has 10 nitrogen and oxygen atoms in total. The van der Waals surface area contributed by atoms with E-state index in [0.717, 1.165) is 4.90 Å². The van der Waals surface area contributed by atoms with E-state index >= 15 is 0 Å². The number of hydrogen-bond acceptors (Lipinski definition) is 6. The minimum absolute atomic E-state index is 0.0770. The summed E-state index contributed by atoms with van der Waals surface area (Å²) in [5.74, 6) is -3.31. The predicted octanol–water partition coefficient (Wildman–Crippen LogP) is -1.23. The fraction of sp³-hybridized carbons (Fsp3) is 0.571. The first-order chi connectivity index (χ1) is 11.4. The summed E-state index contributed by atoms with van der Waals surface area (Å²) in [5, 5.41) is 18.4. The number of carbonyl (C=O) groups excluding carboxylic acids is 1. The summed E-state index contributed by atoms with van der Waals surface area (Å²) < 4.78 is 0. The lowest BCUT2D eigenvalue weighted by Crippen LogP contribution is -2.53. The second-order valence-electron chi connectivity index (χ2n) is 5.37. The number of hydrogen-bond donors (Lipinski definition) is 5. The van der Waals surface area contributed by atoms with E-state index in [-0.39, 0.29) is 12.8 Å². The fourth-order valence-electron chi connectivity index (χ4n) is 2.31. The van der Waals surface area contributed by atoms with Gasteiger partial charge in [0.25, 0.3) is 0 Å². The molecular formula is C14H23N5O5. The molecule has 1 heterocycles. The average Bonchev–Trinajstić information content (AvgIpc) is 3.01. The first-order valence-corrected chi connectivity index (χ1v) is 7.55. The molecule has 0 aliphatic carbocycles. The summed E-state index contributed by atoms with van der Waals surface area (Å²) in [6.07, 6.45) is 4.22. The van der Waals surface area contributed by atoms with Crippen LogP contribution in [0, 0.1) is 0 Å². The monoisotopic (exact) mass is 341 g/mol. The number of carboxylic acid groups (broad SMARTS) is 2. The number of nitrogens with zero attached hydrogens (tertiary/aromatic N) is 2. The van der Waals surface area contributed by atoms with Gasteiger partial charge in [-0.2, -0.15) is 0 Å². The molecule has 0 fully saturated rings. The normalized spacial score (nSPS) is 13.2. The number of amides is 1. The third-order valence-corrected chi connectivity index (χ3v) is 3.48. The Morgan fingerprint density at radius 3 is 2.50 bits per heavy atom. The molecular weight excluding hydrogens is 318 g/mol. The van der Waals surface area contributed by atoms with Crippen LogP contribution in [0.4, 0.5) is 0 Å². The quantitative estimate of drug-likeness (QED) is 0.311. The van der Waals surface area contributed by atoms with Crippen molar-refractivity contribution >= 4 is 17.8 Å². The summed E-state index contributed by atoms with van der Waals surface area (Å²) in [5.41, 5.74) is 11.7. The molecule has 7 N–H and O–H groups in total. The number of rotatable bonds is 11. The maximum atomic E-state index is 12.5. The SMILES string of the molecule is NCCCC[C@@H](C(=O)O)N(CC(=O)O)C(=O)[C@@H](N)Cc1c[nH]cn1. The number of aliphatic carboxylic acids is 2. The maximum Gasteiger partial charge on any atom is 0.326 e. The zero-order valence-corrected chi connectivity index (χ0v) is 13.2. The standard InChI is InChI=1S/C14H23N5O5/c15-4-2-1-3-11(14(23)24)19(7-12(20)21)13(22)10(16)5-9-6-17-8-18-9/h6,8,10-11H,1-5,7,15-16H2,(H,17,18)(H,20,21)(H,23,24)/t10-,11-/m0/s1. The number of carboxylic acids is 2. The van der Waals surface area contributed by atoms with Crippen molar-refractivity contribution in [3.8, 4) is 0 Å². The van der Waals surface area contributed by atoms with Crippen molar-refractivity contribution in [1.29, 1.82) is 0 Å². The van der Waals surface area contributed by atoms with Crippen molar-refractivity contribution in [2.24, 2.45) is 11.5 Å². The van der Waals surface area contributed by atoms with E-state index in [4.69, 9.17) is 16.6 Å². The molecule has 24 heavy (non-hydrogen) atoms. The zero-order chi connectivity index (χ0) is 18.1. The van der Waals surface area contributed by atoms with Crippen LogP contribution in [0.5, 0.6) is 0 Å². The van der Waals surface area contributed by atoms with Crippen molar-refractivity contribution in [1.82, 2.24) is 14.9 Å². The highest BCUT2D eigenvalue weighted by atomic mass is 16.4. The Bertz CT molecular complexity index is 548. The highest BCUT2D eigenvalue weighted by molar-refractivity contribution is 5.89.